The number of nitrogens with zero attached hydrogens (tertiary/aromatic N) is 4. The van der Waals surface area contributed by atoms with Gasteiger partial charge in [-0.05, 0) is 50.9 Å². The lowest BCUT2D eigenvalue weighted by atomic mass is 10.0. The van der Waals surface area contributed by atoms with E-state index in [4.69, 9.17) is 0 Å². The highest BCUT2D eigenvalue weighted by atomic mass is 32.1. The van der Waals surface area contributed by atoms with Crippen molar-refractivity contribution in [3.8, 4) is 17.1 Å². The molecule has 3 heterocycles. The van der Waals surface area contributed by atoms with Crippen molar-refractivity contribution < 1.29 is 17.9 Å². The third-order valence-electron chi connectivity index (χ3n) is 5.38. The van der Waals surface area contributed by atoms with Crippen molar-refractivity contribution in [1.29, 1.82) is 0 Å². The molecule has 1 aromatic carbocycles. The molecule has 0 spiro atoms. The number of alkyl halides is 3. The second-order valence-electron chi connectivity index (χ2n) is 7.29. The zero-order valence-corrected chi connectivity index (χ0v) is 16.3. The van der Waals surface area contributed by atoms with Crippen LogP contribution in [0.4, 0.5) is 18.3 Å². The largest absolute Gasteiger partial charge is 0.573 e. The molecular weight excluding hydrogens is 389 g/mol. The number of aromatic nitrogens is 2. The number of rotatable bonds is 4. The molecule has 28 heavy (non-hydrogen) atoms. The van der Waals surface area contributed by atoms with E-state index in [1.807, 2.05) is 0 Å². The van der Waals surface area contributed by atoms with Crippen molar-refractivity contribution in [3.05, 3.63) is 24.3 Å². The van der Waals surface area contributed by atoms with E-state index >= 15 is 0 Å². The van der Waals surface area contributed by atoms with Gasteiger partial charge in [-0.1, -0.05) is 18.6 Å². The van der Waals surface area contributed by atoms with Crippen molar-refractivity contribution in [1.82, 2.24) is 14.3 Å². The normalized spacial score (nSPS) is 19.8. The molecule has 5 nitrogen and oxygen atoms in total. The Hall–Kier alpha value is -1.87. The molecule has 0 amide bonds. The Kier molecular flexibility index (Phi) is 5.73. The standard InChI is InChI=1S/C19H23F3N4OS/c20-19(21,22)27-16-6-4-5-14(13-16)17-23-18(28-24-17)26-11-7-15(8-12-26)25-9-2-1-3-10-25/h4-6,13,15H,1-3,7-12H2. The fourth-order valence-electron chi connectivity index (χ4n) is 4.00. The topological polar surface area (TPSA) is 41.5 Å². The second kappa shape index (κ2) is 8.24. The van der Waals surface area contributed by atoms with Gasteiger partial charge < -0.3 is 14.5 Å². The zero-order chi connectivity index (χ0) is 19.6. The highest BCUT2D eigenvalue weighted by Gasteiger charge is 2.31. The van der Waals surface area contributed by atoms with E-state index < -0.39 is 6.36 Å². The van der Waals surface area contributed by atoms with E-state index in [-0.39, 0.29) is 5.75 Å². The molecule has 2 fully saturated rings. The van der Waals surface area contributed by atoms with Crippen LogP contribution in [-0.4, -0.2) is 52.8 Å². The van der Waals surface area contributed by atoms with Crippen LogP contribution in [0.3, 0.4) is 0 Å². The van der Waals surface area contributed by atoms with Gasteiger partial charge in [0.1, 0.15) is 5.75 Å². The quantitative estimate of drug-likeness (QED) is 0.737. The van der Waals surface area contributed by atoms with Gasteiger partial charge in [0.25, 0.3) is 0 Å². The maximum Gasteiger partial charge on any atom is 0.573 e. The average Bonchev–Trinajstić information content (AvgIpc) is 3.18. The number of ether oxygens (including phenoxy) is 1. The van der Waals surface area contributed by atoms with E-state index in [1.165, 1.54) is 62.1 Å². The summed E-state index contributed by atoms with van der Waals surface area (Å²) >= 11 is 1.29. The van der Waals surface area contributed by atoms with E-state index in [1.54, 1.807) is 6.07 Å². The lowest BCUT2D eigenvalue weighted by Crippen LogP contribution is -2.46. The molecule has 2 aliphatic heterocycles. The zero-order valence-electron chi connectivity index (χ0n) is 15.5. The summed E-state index contributed by atoms with van der Waals surface area (Å²) in [6, 6.07) is 6.45. The number of halogens is 3. The van der Waals surface area contributed by atoms with E-state index in [2.05, 4.69) is 23.9 Å². The fraction of sp³-hybridized carbons (Fsp3) is 0.579. The van der Waals surface area contributed by atoms with Gasteiger partial charge in [0.05, 0.1) is 0 Å². The van der Waals surface area contributed by atoms with Crippen molar-refractivity contribution in [2.45, 2.75) is 44.5 Å². The first-order valence-corrected chi connectivity index (χ1v) is 10.4. The Morgan fingerprint density at radius 2 is 1.79 bits per heavy atom. The van der Waals surface area contributed by atoms with Crippen LogP contribution in [0.1, 0.15) is 32.1 Å². The molecule has 0 bridgehead atoms. The summed E-state index contributed by atoms with van der Waals surface area (Å²) in [6.45, 7) is 4.30. The van der Waals surface area contributed by atoms with Crippen LogP contribution in [0.25, 0.3) is 11.4 Å². The number of piperidine rings is 2. The molecule has 0 N–H and O–H groups in total. The van der Waals surface area contributed by atoms with E-state index in [9.17, 15) is 13.2 Å². The number of hydrogen-bond donors (Lipinski definition) is 0. The van der Waals surface area contributed by atoms with Crippen molar-refractivity contribution in [3.63, 3.8) is 0 Å². The number of anilines is 1. The van der Waals surface area contributed by atoms with Crippen LogP contribution in [0, 0.1) is 0 Å². The smallest absolute Gasteiger partial charge is 0.406 e. The van der Waals surface area contributed by atoms with Crippen LogP contribution in [0.2, 0.25) is 0 Å². The molecular formula is C19H23F3N4OS. The van der Waals surface area contributed by atoms with Crippen LogP contribution in [-0.2, 0) is 0 Å². The summed E-state index contributed by atoms with van der Waals surface area (Å²) in [5, 5.41) is 0.828. The van der Waals surface area contributed by atoms with Gasteiger partial charge in [-0.3, -0.25) is 0 Å². The van der Waals surface area contributed by atoms with Gasteiger partial charge in [-0.15, -0.1) is 13.2 Å². The summed E-state index contributed by atoms with van der Waals surface area (Å²) in [6.07, 6.45) is 1.47. The van der Waals surface area contributed by atoms with Gasteiger partial charge in [0.15, 0.2) is 5.82 Å². The van der Waals surface area contributed by atoms with Gasteiger partial charge in [0.2, 0.25) is 5.13 Å². The molecule has 2 saturated heterocycles. The van der Waals surface area contributed by atoms with Crippen molar-refractivity contribution in [2.24, 2.45) is 0 Å². The minimum Gasteiger partial charge on any atom is -0.406 e. The Bertz CT molecular complexity index is 783. The summed E-state index contributed by atoms with van der Waals surface area (Å²) < 4.78 is 45.6. The summed E-state index contributed by atoms with van der Waals surface area (Å²) in [4.78, 5) is 9.42. The van der Waals surface area contributed by atoms with Crippen molar-refractivity contribution >= 4 is 16.7 Å². The Morgan fingerprint density at radius 3 is 2.50 bits per heavy atom. The van der Waals surface area contributed by atoms with Crippen LogP contribution < -0.4 is 9.64 Å². The summed E-state index contributed by atoms with van der Waals surface area (Å²) in [7, 11) is 0. The lowest BCUT2D eigenvalue weighted by molar-refractivity contribution is -0.274. The molecule has 0 saturated carbocycles. The van der Waals surface area contributed by atoms with Crippen molar-refractivity contribution in [2.75, 3.05) is 31.1 Å². The van der Waals surface area contributed by atoms with Gasteiger partial charge in [-0.25, -0.2) is 0 Å². The molecule has 1 aromatic heterocycles. The molecule has 0 atom stereocenters. The summed E-state index contributed by atoms with van der Waals surface area (Å²) in [5.74, 6) is 0.175. The van der Waals surface area contributed by atoms with Crippen LogP contribution in [0.5, 0.6) is 5.75 Å². The highest BCUT2D eigenvalue weighted by molar-refractivity contribution is 7.09. The third-order valence-corrected chi connectivity index (χ3v) is 6.16. The predicted octanol–water partition coefficient (Wildman–Crippen LogP) is 4.56. The van der Waals surface area contributed by atoms with E-state index in [0.717, 1.165) is 31.1 Å². The molecule has 2 aliphatic rings. The number of likely N-dealkylation sites (tertiary alicyclic amines) is 1. The Morgan fingerprint density at radius 1 is 1.04 bits per heavy atom. The number of benzene rings is 1. The predicted molar refractivity (Wildman–Crippen MR) is 103 cm³/mol. The third kappa shape index (κ3) is 4.75. The molecule has 2 aromatic rings. The summed E-state index contributed by atoms with van der Waals surface area (Å²) in [5.41, 5.74) is 0.521. The first-order chi connectivity index (χ1) is 13.5. The molecule has 9 heteroatoms. The Balaban J connectivity index is 1.39. The van der Waals surface area contributed by atoms with Gasteiger partial charge >= 0.3 is 6.36 Å². The molecule has 0 radical (unpaired) electrons. The van der Waals surface area contributed by atoms with Crippen LogP contribution >= 0.6 is 11.5 Å². The fourth-order valence-corrected chi connectivity index (χ4v) is 4.74. The molecule has 152 valence electrons. The Labute approximate surface area is 166 Å². The number of hydrogen-bond acceptors (Lipinski definition) is 6. The minimum atomic E-state index is -4.71. The maximum atomic E-state index is 12.4. The molecule has 4 rings (SSSR count). The van der Waals surface area contributed by atoms with Gasteiger partial charge in [-0.2, -0.15) is 9.36 Å². The minimum absolute atomic E-state index is 0.260. The lowest BCUT2D eigenvalue weighted by Gasteiger charge is -2.40. The maximum absolute atomic E-state index is 12.4. The molecule has 0 aliphatic carbocycles. The monoisotopic (exact) mass is 412 g/mol. The van der Waals surface area contributed by atoms with Gasteiger partial charge in [0, 0.05) is 36.2 Å². The van der Waals surface area contributed by atoms with Crippen LogP contribution in [0.15, 0.2) is 24.3 Å². The molecule has 0 unspecified atom stereocenters. The first kappa shape index (κ1) is 19.4. The average molecular weight is 412 g/mol. The SMILES string of the molecule is FC(F)(F)Oc1cccc(-c2nsc(N3CCC(N4CCCCC4)CC3)n2)c1. The van der Waals surface area contributed by atoms with E-state index in [0.29, 0.717) is 17.4 Å². The first-order valence-electron chi connectivity index (χ1n) is 9.67. The second-order valence-corrected chi connectivity index (χ2v) is 8.02. The highest BCUT2D eigenvalue weighted by Crippen LogP contribution is 2.31.